The quantitative estimate of drug-likeness (QED) is 0.779. The molecule has 2 rings (SSSR count). The van der Waals surface area contributed by atoms with Crippen molar-refractivity contribution in [3.63, 3.8) is 0 Å². The first-order valence-electron chi connectivity index (χ1n) is 6.30. The van der Waals surface area contributed by atoms with Gasteiger partial charge < -0.3 is 20.4 Å². The minimum atomic E-state index is -1.13. The summed E-state index contributed by atoms with van der Waals surface area (Å²) in [6.45, 7) is 3.23. The summed E-state index contributed by atoms with van der Waals surface area (Å²) in [5.41, 5.74) is 4.29. The van der Waals surface area contributed by atoms with Crippen LogP contribution >= 0.6 is 0 Å². The molecule has 1 fully saturated rings. The minimum Gasteiger partial charge on any atom is -0.378 e. The summed E-state index contributed by atoms with van der Waals surface area (Å²) in [7, 11) is 0. The number of carbonyl (C=O) groups is 2. The standard InChI is InChI=1S/C12H18N4O3/c1-2-16-6-5-14-9(16)10(17)15-12(11(13)18)4-3-7-19-8-12/h5-6H,2-4,7-8H2,1H3,(H2,13,18)(H,15,17). The Bertz CT molecular complexity index is 477. The summed E-state index contributed by atoms with van der Waals surface area (Å²) in [5, 5.41) is 2.69. The smallest absolute Gasteiger partial charge is 0.288 e. The van der Waals surface area contributed by atoms with Gasteiger partial charge in [0.1, 0.15) is 5.54 Å². The highest BCUT2D eigenvalue weighted by atomic mass is 16.5. The van der Waals surface area contributed by atoms with Crippen molar-refractivity contribution < 1.29 is 14.3 Å². The molecule has 0 radical (unpaired) electrons. The number of rotatable bonds is 4. The number of imidazole rings is 1. The molecule has 2 heterocycles. The van der Waals surface area contributed by atoms with E-state index in [2.05, 4.69) is 10.3 Å². The number of hydrogen-bond donors (Lipinski definition) is 2. The van der Waals surface area contributed by atoms with Crippen LogP contribution in [0.4, 0.5) is 0 Å². The number of hydrogen-bond acceptors (Lipinski definition) is 4. The molecule has 104 valence electrons. The summed E-state index contributed by atoms with van der Waals surface area (Å²) in [6.07, 6.45) is 4.43. The molecule has 1 saturated heterocycles. The summed E-state index contributed by atoms with van der Waals surface area (Å²) in [4.78, 5) is 27.8. The van der Waals surface area contributed by atoms with Gasteiger partial charge in [0.25, 0.3) is 5.91 Å². The largest absolute Gasteiger partial charge is 0.378 e. The number of nitrogens with zero attached hydrogens (tertiary/aromatic N) is 2. The topological polar surface area (TPSA) is 99.2 Å². The molecule has 0 aromatic carbocycles. The van der Waals surface area contributed by atoms with Crippen molar-refractivity contribution in [3.8, 4) is 0 Å². The highest BCUT2D eigenvalue weighted by molar-refractivity contribution is 5.96. The molecule has 1 atom stereocenters. The molecule has 0 saturated carbocycles. The first kappa shape index (κ1) is 13.5. The molecule has 3 N–H and O–H groups in total. The lowest BCUT2D eigenvalue weighted by molar-refractivity contribution is -0.129. The number of aryl methyl sites for hydroxylation is 1. The summed E-state index contributed by atoms with van der Waals surface area (Å²) in [6, 6.07) is 0. The average Bonchev–Trinajstić information content (AvgIpc) is 2.88. The Morgan fingerprint density at radius 2 is 2.42 bits per heavy atom. The highest BCUT2D eigenvalue weighted by Gasteiger charge is 2.41. The summed E-state index contributed by atoms with van der Waals surface area (Å²) >= 11 is 0. The fourth-order valence-corrected chi connectivity index (χ4v) is 2.20. The molecule has 0 aliphatic carbocycles. The number of nitrogens with one attached hydrogen (secondary N) is 1. The van der Waals surface area contributed by atoms with Crippen LogP contribution in [0.25, 0.3) is 0 Å². The zero-order chi connectivity index (χ0) is 13.9. The Hall–Kier alpha value is -1.89. The number of carbonyl (C=O) groups excluding carboxylic acids is 2. The second kappa shape index (κ2) is 5.40. The molecule has 1 aliphatic rings. The predicted molar refractivity (Wildman–Crippen MR) is 67.3 cm³/mol. The van der Waals surface area contributed by atoms with E-state index in [0.717, 1.165) is 0 Å². The zero-order valence-electron chi connectivity index (χ0n) is 10.9. The van der Waals surface area contributed by atoms with Gasteiger partial charge >= 0.3 is 0 Å². The Morgan fingerprint density at radius 1 is 1.63 bits per heavy atom. The van der Waals surface area contributed by atoms with E-state index in [0.29, 0.717) is 26.0 Å². The molecule has 1 unspecified atom stereocenters. The van der Waals surface area contributed by atoms with Crippen molar-refractivity contribution in [2.45, 2.75) is 31.8 Å². The van der Waals surface area contributed by atoms with E-state index in [1.165, 1.54) is 0 Å². The maximum absolute atomic E-state index is 12.2. The second-order valence-electron chi connectivity index (χ2n) is 4.59. The van der Waals surface area contributed by atoms with Crippen LogP contribution in [0, 0.1) is 0 Å². The third-order valence-corrected chi connectivity index (χ3v) is 3.32. The van der Waals surface area contributed by atoms with Crippen LogP contribution in [0.1, 0.15) is 30.4 Å². The van der Waals surface area contributed by atoms with E-state index in [1.807, 2.05) is 6.92 Å². The predicted octanol–water partition coefficient (Wildman–Crippen LogP) is -0.333. The lowest BCUT2D eigenvalue weighted by Gasteiger charge is -2.34. The lowest BCUT2D eigenvalue weighted by Crippen LogP contribution is -2.62. The maximum atomic E-state index is 12.2. The molecule has 0 spiro atoms. The van der Waals surface area contributed by atoms with Gasteiger partial charge in [-0.3, -0.25) is 9.59 Å². The monoisotopic (exact) mass is 266 g/mol. The SMILES string of the molecule is CCn1ccnc1C(=O)NC1(C(N)=O)CCCOC1. The van der Waals surface area contributed by atoms with Crippen LogP contribution in [-0.2, 0) is 16.1 Å². The lowest BCUT2D eigenvalue weighted by atomic mass is 9.91. The molecular weight excluding hydrogens is 248 g/mol. The van der Waals surface area contributed by atoms with E-state index in [4.69, 9.17) is 10.5 Å². The Morgan fingerprint density at radius 3 is 3.00 bits per heavy atom. The van der Waals surface area contributed by atoms with E-state index in [-0.39, 0.29) is 12.4 Å². The van der Waals surface area contributed by atoms with Gasteiger partial charge in [-0.1, -0.05) is 0 Å². The van der Waals surface area contributed by atoms with Gasteiger partial charge in [0.15, 0.2) is 5.82 Å². The first-order valence-corrected chi connectivity index (χ1v) is 6.30. The van der Waals surface area contributed by atoms with E-state index in [9.17, 15) is 9.59 Å². The van der Waals surface area contributed by atoms with Crippen molar-refractivity contribution in [1.82, 2.24) is 14.9 Å². The van der Waals surface area contributed by atoms with Gasteiger partial charge in [0.05, 0.1) is 6.61 Å². The van der Waals surface area contributed by atoms with Gasteiger partial charge in [-0.05, 0) is 19.8 Å². The molecular formula is C12H18N4O3. The van der Waals surface area contributed by atoms with Crippen LogP contribution in [0.2, 0.25) is 0 Å². The van der Waals surface area contributed by atoms with Crippen molar-refractivity contribution in [1.29, 1.82) is 0 Å². The van der Waals surface area contributed by atoms with Gasteiger partial charge in [-0.15, -0.1) is 0 Å². The van der Waals surface area contributed by atoms with E-state index < -0.39 is 17.4 Å². The Kier molecular flexibility index (Phi) is 3.84. The summed E-state index contributed by atoms with van der Waals surface area (Å²) in [5.74, 6) is -0.708. The fraction of sp³-hybridized carbons (Fsp3) is 0.583. The van der Waals surface area contributed by atoms with Gasteiger partial charge in [-0.2, -0.15) is 0 Å². The van der Waals surface area contributed by atoms with Gasteiger partial charge in [0.2, 0.25) is 5.91 Å². The third kappa shape index (κ3) is 2.60. The second-order valence-corrected chi connectivity index (χ2v) is 4.59. The Balaban J connectivity index is 2.18. The number of amides is 2. The first-order chi connectivity index (χ1) is 9.09. The average molecular weight is 266 g/mol. The minimum absolute atomic E-state index is 0.112. The molecule has 19 heavy (non-hydrogen) atoms. The van der Waals surface area contributed by atoms with Crippen LogP contribution in [0.15, 0.2) is 12.4 Å². The van der Waals surface area contributed by atoms with Crippen molar-refractivity contribution >= 4 is 11.8 Å². The fourth-order valence-electron chi connectivity index (χ4n) is 2.20. The van der Waals surface area contributed by atoms with Crippen LogP contribution in [0.5, 0.6) is 0 Å². The van der Waals surface area contributed by atoms with Gasteiger partial charge in [0, 0.05) is 25.5 Å². The maximum Gasteiger partial charge on any atom is 0.288 e. The molecule has 2 amide bonds. The number of nitrogens with two attached hydrogens (primary N) is 1. The molecule has 7 nitrogen and oxygen atoms in total. The number of aromatic nitrogens is 2. The highest BCUT2D eigenvalue weighted by Crippen LogP contribution is 2.19. The molecule has 1 aromatic heterocycles. The number of primary amides is 1. The van der Waals surface area contributed by atoms with Crippen LogP contribution in [-0.4, -0.2) is 40.1 Å². The van der Waals surface area contributed by atoms with E-state index in [1.54, 1.807) is 17.0 Å². The van der Waals surface area contributed by atoms with Gasteiger partial charge in [-0.25, -0.2) is 4.98 Å². The van der Waals surface area contributed by atoms with Crippen molar-refractivity contribution in [2.75, 3.05) is 13.2 Å². The molecule has 1 aliphatic heterocycles. The third-order valence-electron chi connectivity index (χ3n) is 3.32. The normalized spacial score (nSPS) is 23.0. The molecule has 0 bridgehead atoms. The number of ether oxygens (including phenoxy) is 1. The Labute approximate surface area is 111 Å². The van der Waals surface area contributed by atoms with Crippen molar-refractivity contribution in [2.24, 2.45) is 5.73 Å². The molecule has 1 aromatic rings. The van der Waals surface area contributed by atoms with E-state index >= 15 is 0 Å². The molecule has 7 heteroatoms. The van der Waals surface area contributed by atoms with Crippen LogP contribution in [0.3, 0.4) is 0 Å². The summed E-state index contributed by atoms with van der Waals surface area (Å²) < 4.78 is 6.98. The zero-order valence-corrected chi connectivity index (χ0v) is 10.9. The van der Waals surface area contributed by atoms with Crippen molar-refractivity contribution in [3.05, 3.63) is 18.2 Å². The van der Waals surface area contributed by atoms with Crippen LogP contribution < -0.4 is 11.1 Å².